The van der Waals surface area contributed by atoms with E-state index in [1.54, 1.807) is 12.1 Å². The fourth-order valence-electron chi connectivity index (χ4n) is 1.98. The Morgan fingerprint density at radius 2 is 2.05 bits per heavy atom. The highest BCUT2D eigenvalue weighted by Gasteiger charge is 2.00. The normalized spacial score (nSPS) is 9.95. The summed E-state index contributed by atoms with van der Waals surface area (Å²) in [5.74, 6) is -0.198. The van der Waals surface area contributed by atoms with Crippen LogP contribution in [0.1, 0.15) is 16.7 Å². The minimum absolute atomic E-state index is 0.198. The lowest BCUT2D eigenvalue weighted by molar-refractivity contribution is 0.625. The fraction of sp³-hybridized carbons (Fsp3) is 0.188. The summed E-state index contributed by atoms with van der Waals surface area (Å²) in [6.45, 7) is 2.66. The average Bonchev–Trinajstić information content (AvgIpc) is 2.41. The van der Waals surface area contributed by atoms with Crippen molar-refractivity contribution in [2.75, 3.05) is 11.9 Å². The Morgan fingerprint density at radius 1 is 1.21 bits per heavy atom. The van der Waals surface area contributed by atoms with Crippen molar-refractivity contribution >= 4 is 5.69 Å². The maximum absolute atomic E-state index is 13.0. The molecule has 2 aromatic rings. The summed E-state index contributed by atoms with van der Waals surface area (Å²) in [7, 11) is 0. The highest BCUT2D eigenvalue weighted by Crippen LogP contribution is 2.13. The molecule has 2 rings (SSSR count). The summed E-state index contributed by atoms with van der Waals surface area (Å²) in [4.78, 5) is 0. The van der Waals surface area contributed by atoms with Crippen LogP contribution in [0.3, 0.4) is 0 Å². The molecule has 0 saturated carbocycles. The molecule has 3 heteroatoms. The van der Waals surface area contributed by atoms with Gasteiger partial charge >= 0.3 is 0 Å². The zero-order chi connectivity index (χ0) is 13.7. The van der Waals surface area contributed by atoms with Gasteiger partial charge in [-0.2, -0.15) is 5.26 Å². The topological polar surface area (TPSA) is 35.8 Å². The van der Waals surface area contributed by atoms with E-state index >= 15 is 0 Å². The lowest BCUT2D eigenvalue weighted by Crippen LogP contribution is -2.06. The van der Waals surface area contributed by atoms with E-state index in [1.165, 1.54) is 6.07 Å². The summed E-state index contributed by atoms with van der Waals surface area (Å²) >= 11 is 0. The second-order valence-corrected chi connectivity index (χ2v) is 4.44. The van der Waals surface area contributed by atoms with E-state index in [2.05, 4.69) is 11.4 Å². The van der Waals surface area contributed by atoms with Crippen LogP contribution in [0.2, 0.25) is 0 Å². The van der Waals surface area contributed by atoms with Gasteiger partial charge in [-0.05, 0) is 54.8 Å². The first-order valence-electron chi connectivity index (χ1n) is 6.18. The maximum Gasteiger partial charge on any atom is 0.123 e. The fourth-order valence-corrected chi connectivity index (χ4v) is 1.98. The molecule has 0 aliphatic rings. The largest absolute Gasteiger partial charge is 0.385 e. The molecule has 0 aromatic heterocycles. The first kappa shape index (κ1) is 13.1. The van der Waals surface area contributed by atoms with Gasteiger partial charge in [-0.3, -0.25) is 0 Å². The van der Waals surface area contributed by atoms with Crippen molar-refractivity contribution in [2.45, 2.75) is 13.3 Å². The second kappa shape index (κ2) is 6.01. The van der Waals surface area contributed by atoms with E-state index < -0.39 is 0 Å². The molecule has 0 aliphatic carbocycles. The first-order chi connectivity index (χ1) is 9.19. The van der Waals surface area contributed by atoms with Crippen molar-refractivity contribution < 1.29 is 4.39 Å². The Balaban J connectivity index is 1.94. The standard InChI is InChI=1S/C16H15FN2/c1-12-9-15(17)6-5-14(12)7-8-19-16-4-2-3-13(10-16)11-18/h2-6,9-10,19H,7-8H2,1H3. The third kappa shape index (κ3) is 3.56. The van der Waals surface area contributed by atoms with Gasteiger partial charge in [0.1, 0.15) is 5.82 Å². The lowest BCUT2D eigenvalue weighted by atomic mass is 10.1. The van der Waals surface area contributed by atoms with Crippen molar-refractivity contribution in [3.63, 3.8) is 0 Å². The number of nitrogens with one attached hydrogen (secondary N) is 1. The molecular formula is C16H15FN2. The molecule has 2 nitrogen and oxygen atoms in total. The Bertz CT molecular complexity index is 614. The third-order valence-corrected chi connectivity index (χ3v) is 3.02. The zero-order valence-electron chi connectivity index (χ0n) is 10.8. The van der Waals surface area contributed by atoms with E-state index in [-0.39, 0.29) is 5.82 Å². The van der Waals surface area contributed by atoms with Gasteiger partial charge in [0, 0.05) is 12.2 Å². The number of nitriles is 1. The smallest absolute Gasteiger partial charge is 0.123 e. The van der Waals surface area contributed by atoms with Crippen LogP contribution in [0.4, 0.5) is 10.1 Å². The van der Waals surface area contributed by atoms with Crippen molar-refractivity contribution in [1.29, 1.82) is 5.26 Å². The number of hydrogen-bond donors (Lipinski definition) is 1. The van der Waals surface area contributed by atoms with Gasteiger partial charge in [-0.15, -0.1) is 0 Å². The number of benzene rings is 2. The number of nitrogens with zero attached hydrogens (tertiary/aromatic N) is 1. The van der Waals surface area contributed by atoms with Crippen LogP contribution in [0.15, 0.2) is 42.5 Å². The third-order valence-electron chi connectivity index (χ3n) is 3.02. The van der Waals surface area contributed by atoms with Crippen LogP contribution in [0.25, 0.3) is 0 Å². The monoisotopic (exact) mass is 254 g/mol. The van der Waals surface area contributed by atoms with Gasteiger partial charge in [0.15, 0.2) is 0 Å². The van der Waals surface area contributed by atoms with Crippen LogP contribution >= 0.6 is 0 Å². The van der Waals surface area contributed by atoms with Gasteiger partial charge in [0.2, 0.25) is 0 Å². The molecule has 1 N–H and O–H groups in total. The predicted molar refractivity (Wildman–Crippen MR) is 74.5 cm³/mol. The van der Waals surface area contributed by atoms with Gasteiger partial charge in [-0.25, -0.2) is 4.39 Å². The Hall–Kier alpha value is -2.34. The molecule has 0 fully saturated rings. The second-order valence-electron chi connectivity index (χ2n) is 4.44. The average molecular weight is 254 g/mol. The molecule has 2 aromatic carbocycles. The maximum atomic E-state index is 13.0. The van der Waals surface area contributed by atoms with Crippen LogP contribution in [-0.2, 0) is 6.42 Å². The van der Waals surface area contributed by atoms with Crippen molar-refractivity contribution in [1.82, 2.24) is 0 Å². The first-order valence-corrected chi connectivity index (χ1v) is 6.18. The summed E-state index contributed by atoms with van der Waals surface area (Å²) in [5, 5.41) is 12.1. The molecule has 19 heavy (non-hydrogen) atoms. The van der Waals surface area contributed by atoms with Crippen molar-refractivity contribution in [2.24, 2.45) is 0 Å². The SMILES string of the molecule is Cc1cc(F)ccc1CCNc1cccc(C#N)c1. The summed E-state index contributed by atoms with van der Waals surface area (Å²) in [6, 6.07) is 14.3. The molecular weight excluding hydrogens is 239 g/mol. The molecule has 0 atom stereocenters. The van der Waals surface area contributed by atoms with E-state index in [0.717, 1.165) is 29.8 Å². The Labute approximate surface area is 112 Å². The molecule has 96 valence electrons. The quantitative estimate of drug-likeness (QED) is 0.903. The molecule has 0 amide bonds. The molecule has 0 spiro atoms. The van der Waals surface area contributed by atoms with E-state index in [0.29, 0.717) is 5.56 Å². The molecule has 0 aliphatic heterocycles. The van der Waals surface area contributed by atoms with E-state index in [1.807, 2.05) is 31.2 Å². The van der Waals surface area contributed by atoms with Gasteiger partial charge < -0.3 is 5.32 Å². The number of anilines is 1. The summed E-state index contributed by atoms with van der Waals surface area (Å²) in [5.41, 5.74) is 3.67. The van der Waals surface area contributed by atoms with Crippen LogP contribution in [0, 0.1) is 24.1 Å². The minimum Gasteiger partial charge on any atom is -0.385 e. The van der Waals surface area contributed by atoms with Crippen LogP contribution < -0.4 is 5.32 Å². The molecule has 0 bridgehead atoms. The Morgan fingerprint density at radius 3 is 2.79 bits per heavy atom. The highest BCUT2D eigenvalue weighted by molar-refractivity contribution is 5.49. The van der Waals surface area contributed by atoms with Gasteiger partial charge in [-0.1, -0.05) is 12.1 Å². The Kier molecular flexibility index (Phi) is 4.15. The highest BCUT2D eigenvalue weighted by atomic mass is 19.1. The number of rotatable bonds is 4. The van der Waals surface area contributed by atoms with E-state index in [9.17, 15) is 4.39 Å². The lowest BCUT2D eigenvalue weighted by Gasteiger charge is -2.08. The number of hydrogen-bond acceptors (Lipinski definition) is 2. The van der Waals surface area contributed by atoms with Crippen molar-refractivity contribution in [3.05, 3.63) is 65.0 Å². The molecule has 0 radical (unpaired) electrons. The van der Waals surface area contributed by atoms with Gasteiger partial charge in [0.05, 0.1) is 11.6 Å². The summed E-state index contributed by atoms with van der Waals surface area (Å²) in [6.07, 6.45) is 0.822. The van der Waals surface area contributed by atoms with Crippen LogP contribution in [-0.4, -0.2) is 6.54 Å². The summed E-state index contributed by atoms with van der Waals surface area (Å²) < 4.78 is 13.0. The zero-order valence-corrected chi connectivity index (χ0v) is 10.8. The molecule has 0 heterocycles. The van der Waals surface area contributed by atoms with Crippen molar-refractivity contribution in [3.8, 4) is 6.07 Å². The number of halogens is 1. The predicted octanol–water partition coefficient (Wildman–Crippen LogP) is 3.66. The van der Waals surface area contributed by atoms with Crippen LogP contribution in [0.5, 0.6) is 0 Å². The van der Waals surface area contributed by atoms with E-state index in [4.69, 9.17) is 5.26 Å². The van der Waals surface area contributed by atoms with Gasteiger partial charge in [0.25, 0.3) is 0 Å². The number of aryl methyl sites for hydroxylation is 1. The minimum atomic E-state index is -0.198. The molecule has 0 unspecified atom stereocenters. The molecule has 0 saturated heterocycles.